The molecule has 0 spiro atoms. The Kier molecular flexibility index (Phi) is 4.53. The van der Waals surface area contributed by atoms with Crippen molar-refractivity contribution in [2.75, 3.05) is 26.7 Å². The average Bonchev–Trinajstić information content (AvgIpc) is 3.17. The normalized spacial score (nSPS) is 18.5. The molecule has 1 atom stereocenters. The molecule has 1 amide bonds. The molecule has 0 radical (unpaired) electrons. The van der Waals surface area contributed by atoms with Gasteiger partial charge in [-0.3, -0.25) is 4.79 Å². The number of imidazole rings is 1. The quantitative estimate of drug-likeness (QED) is 0.912. The van der Waals surface area contributed by atoms with Gasteiger partial charge < -0.3 is 14.8 Å². The maximum atomic E-state index is 12.2. The molecule has 2 heterocycles. The van der Waals surface area contributed by atoms with Gasteiger partial charge in [0.1, 0.15) is 0 Å². The van der Waals surface area contributed by atoms with E-state index in [0.717, 1.165) is 37.3 Å². The van der Waals surface area contributed by atoms with Gasteiger partial charge >= 0.3 is 0 Å². The lowest BCUT2D eigenvalue weighted by molar-refractivity contribution is 0.0947. The van der Waals surface area contributed by atoms with E-state index in [4.69, 9.17) is 0 Å². The fourth-order valence-corrected chi connectivity index (χ4v) is 2.88. The number of hydrogen-bond acceptors (Lipinski definition) is 3. The zero-order chi connectivity index (χ0) is 15.4. The van der Waals surface area contributed by atoms with E-state index in [1.54, 1.807) is 12.5 Å². The molecule has 5 heteroatoms. The molecule has 0 aliphatic carbocycles. The number of aromatic nitrogens is 2. The summed E-state index contributed by atoms with van der Waals surface area (Å²) in [7, 11) is 2.13. The molecule has 1 saturated heterocycles. The molecule has 1 aromatic carbocycles. The van der Waals surface area contributed by atoms with Crippen molar-refractivity contribution in [3.63, 3.8) is 0 Å². The number of carbonyl (C=O) groups excluding carboxylic acids is 1. The highest BCUT2D eigenvalue weighted by Gasteiger charge is 2.19. The third-order valence-corrected chi connectivity index (χ3v) is 4.18. The topological polar surface area (TPSA) is 50.2 Å². The van der Waals surface area contributed by atoms with Crippen LogP contribution in [0.1, 0.15) is 22.3 Å². The zero-order valence-corrected chi connectivity index (χ0v) is 12.9. The first-order chi connectivity index (χ1) is 10.7. The van der Waals surface area contributed by atoms with E-state index in [1.807, 2.05) is 35.0 Å². The molecule has 1 N–H and O–H groups in total. The van der Waals surface area contributed by atoms with Crippen LogP contribution in [0.25, 0.3) is 0 Å². The number of amides is 1. The fourth-order valence-electron chi connectivity index (χ4n) is 2.88. The average molecular weight is 298 g/mol. The standard InChI is InChI=1S/C17H22N4O/c1-20-8-6-15(11-20)10-19-17(22)16-4-2-14(3-5-16)12-21-9-7-18-13-21/h2-5,7,9,13,15H,6,8,10-12H2,1H3,(H,19,22). The Morgan fingerprint density at radius 2 is 2.18 bits per heavy atom. The smallest absolute Gasteiger partial charge is 0.251 e. The molecule has 3 rings (SSSR count). The first-order valence-electron chi connectivity index (χ1n) is 7.72. The van der Waals surface area contributed by atoms with Crippen LogP contribution in [0.3, 0.4) is 0 Å². The van der Waals surface area contributed by atoms with Crippen molar-refractivity contribution < 1.29 is 4.79 Å². The van der Waals surface area contributed by atoms with Crippen molar-refractivity contribution in [1.82, 2.24) is 19.8 Å². The number of benzene rings is 1. The first kappa shape index (κ1) is 14.8. The molecule has 1 fully saturated rings. The number of rotatable bonds is 5. The predicted molar refractivity (Wildman–Crippen MR) is 85.7 cm³/mol. The molecule has 1 aliphatic rings. The Bertz CT molecular complexity index is 606. The van der Waals surface area contributed by atoms with E-state index in [-0.39, 0.29) is 5.91 Å². The minimum Gasteiger partial charge on any atom is -0.352 e. The SMILES string of the molecule is CN1CCC(CNC(=O)c2ccc(Cn3ccnc3)cc2)C1. The van der Waals surface area contributed by atoms with E-state index < -0.39 is 0 Å². The van der Waals surface area contributed by atoms with Crippen LogP contribution in [0, 0.1) is 5.92 Å². The summed E-state index contributed by atoms with van der Waals surface area (Å²) < 4.78 is 2.01. The summed E-state index contributed by atoms with van der Waals surface area (Å²) in [6.07, 6.45) is 6.65. The lowest BCUT2D eigenvalue weighted by Crippen LogP contribution is -2.30. The van der Waals surface area contributed by atoms with Crippen molar-refractivity contribution >= 4 is 5.91 Å². The predicted octanol–water partition coefficient (Wildman–Crippen LogP) is 1.61. The van der Waals surface area contributed by atoms with Crippen LogP contribution in [-0.4, -0.2) is 47.0 Å². The van der Waals surface area contributed by atoms with Crippen molar-refractivity contribution in [3.8, 4) is 0 Å². The van der Waals surface area contributed by atoms with Gasteiger partial charge in [-0.15, -0.1) is 0 Å². The van der Waals surface area contributed by atoms with Gasteiger partial charge in [-0.05, 0) is 43.6 Å². The summed E-state index contributed by atoms with van der Waals surface area (Å²) in [4.78, 5) is 18.5. The Labute approximate surface area is 131 Å². The van der Waals surface area contributed by atoms with Gasteiger partial charge in [0.25, 0.3) is 5.91 Å². The van der Waals surface area contributed by atoms with Crippen LogP contribution in [-0.2, 0) is 6.54 Å². The van der Waals surface area contributed by atoms with E-state index in [9.17, 15) is 4.79 Å². The number of nitrogens with one attached hydrogen (secondary N) is 1. The summed E-state index contributed by atoms with van der Waals surface area (Å²) in [6, 6.07) is 7.78. The second kappa shape index (κ2) is 6.75. The maximum Gasteiger partial charge on any atom is 0.251 e. The Morgan fingerprint density at radius 1 is 1.36 bits per heavy atom. The highest BCUT2D eigenvalue weighted by atomic mass is 16.1. The number of hydrogen-bond donors (Lipinski definition) is 1. The molecule has 22 heavy (non-hydrogen) atoms. The Balaban J connectivity index is 1.52. The van der Waals surface area contributed by atoms with E-state index in [1.165, 1.54) is 6.42 Å². The summed E-state index contributed by atoms with van der Waals surface area (Å²) in [5.74, 6) is 0.596. The van der Waals surface area contributed by atoms with Crippen LogP contribution < -0.4 is 5.32 Å². The molecule has 1 unspecified atom stereocenters. The summed E-state index contributed by atoms with van der Waals surface area (Å²) in [5, 5.41) is 3.05. The van der Waals surface area contributed by atoms with Crippen LogP contribution >= 0.6 is 0 Å². The van der Waals surface area contributed by atoms with Gasteiger partial charge in [-0.2, -0.15) is 0 Å². The summed E-state index contributed by atoms with van der Waals surface area (Å²) in [5.41, 5.74) is 1.88. The van der Waals surface area contributed by atoms with Crippen molar-refractivity contribution in [1.29, 1.82) is 0 Å². The minimum absolute atomic E-state index is 0.0173. The fraction of sp³-hybridized carbons (Fsp3) is 0.412. The summed E-state index contributed by atoms with van der Waals surface area (Å²) in [6.45, 7) is 3.74. The van der Waals surface area contributed by atoms with Crippen LogP contribution in [0.2, 0.25) is 0 Å². The largest absolute Gasteiger partial charge is 0.352 e. The molecular weight excluding hydrogens is 276 g/mol. The molecule has 0 bridgehead atoms. The minimum atomic E-state index is 0.0173. The summed E-state index contributed by atoms with van der Waals surface area (Å²) >= 11 is 0. The molecule has 1 aromatic heterocycles. The maximum absolute atomic E-state index is 12.2. The highest BCUT2D eigenvalue weighted by Crippen LogP contribution is 2.13. The molecule has 2 aromatic rings. The van der Waals surface area contributed by atoms with Crippen LogP contribution in [0.5, 0.6) is 0 Å². The van der Waals surface area contributed by atoms with Crippen molar-refractivity contribution in [2.45, 2.75) is 13.0 Å². The second-order valence-electron chi connectivity index (χ2n) is 6.06. The number of likely N-dealkylation sites (tertiary alicyclic amines) is 1. The zero-order valence-electron chi connectivity index (χ0n) is 12.9. The Hall–Kier alpha value is -2.14. The van der Waals surface area contributed by atoms with Crippen LogP contribution in [0.15, 0.2) is 43.0 Å². The first-order valence-corrected chi connectivity index (χ1v) is 7.72. The van der Waals surface area contributed by atoms with Gasteiger partial charge in [0, 0.05) is 37.6 Å². The number of nitrogens with zero attached hydrogens (tertiary/aromatic N) is 3. The molecule has 5 nitrogen and oxygen atoms in total. The van der Waals surface area contributed by atoms with Crippen molar-refractivity contribution in [2.24, 2.45) is 5.92 Å². The molecule has 116 valence electrons. The highest BCUT2D eigenvalue weighted by molar-refractivity contribution is 5.94. The van der Waals surface area contributed by atoms with E-state index in [0.29, 0.717) is 5.92 Å². The van der Waals surface area contributed by atoms with E-state index in [2.05, 4.69) is 22.2 Å². The van der Waals surface area contributed by atoms with E-state index >= 15 is 0 Å². The van der Waals surface area contributed by atoms with Gasteiger partial charge in [0.15, 0.2) is 0 Å². The third kappa shape index (κ3) is 3.74. The second-order valence-corrected chi connectivity index (χ2v) is 6.06. The third-order valence-electron chi connectivity index (χ3n) is 4.18. The van der Waals surface area contributed by atoms with Gasteiger partial charge in [0.2, 0.25) is 0 Å². The van der Waals surface area contributed by atoms with Gasteiger partial charge in [0.05, 0.1) is 6.33 Å². The molecule has 1 aliphatic heterocycles. The van der Waals surface area contributed by atoms with Crippen LogP contribution in [0.4, 0.5) is 0 Å². The molecular formula is C17H22N4O. The van der Waals surface area contributed by atoms with Crippen molar-refractivity contribution in [3.05, 3.63) is 54.1 Å². The van der Waals surface area contributed by atoms with Gasteiger partial charge in [-0.25, -0.2) is 4.98 Å². The number of carbonyl (C=O) groups is 1. The monoisotopic (exact) mass is 298 g/mol. The Morgan fingerprint density at radius 3 is 2.82 bits per heavy atom. The molecule has 0 saturated carbocycles. The lowest BCUT2D eigenvalue weighted by Gasteiger charge is -2.12. The lowest BCUT2D eigenvalue weighted by atomic mass is 10.1. The van der Waals surface area contributed by atoms with Gasteiger partial charge in [-0.1, -0.05) is 12.1 Å².